The Morgan fingerprint density at radius 1 is 1.47 bits per heavy atom. The molecule has 17 heavy (non-hydrogen) atoms. The fourth-order valence-corrected chi connectivity index (χ4v) is 1.55. The molecule has 0 radical (unpaired) electrons. The molecule has 0 saturated heterocycles. The van der Waals surface area contributed by atoms with Gasteiger partial charge in [0.05, 0.1) is 5.56 Å². The van der Waals surface area contributed by atoms with E-state index < -0.39 is 0 Å². The first-order valence-electron chi connectivity index (χ1n) is 5.52. The third kappa shape index (κ3) is 2.82. The summed E-state index contributed by atoms with van der Waals surface area (Å²) >= 11 is 0. The van der Waals surface area contributed by atoms with Gasteiger partial charge in [-0.1, -0.05) is 0 Å². The van der Waals surface area contributed by atoms with Crippen molar-refractivity contribution in [2.24, 2.45) is 0 Å². The maximum Gasteiger partial charge on any atom is 0.252 e. The SMILES string of the molecule is CN(C)CCNC(=O)c1ccc2nccn2c1. The zero-order valence-electron chi connectivity index (χ0n) is 10.1. The van der Waals surface area contributed by atoms with Crippen molar-refractivity contribution in [3.63, 3.8) is 0 Å². The van der Waals surface area contributed by atoms with Crippen LogP contribution in [0.15, 0.2) is 30.7 Å². The molecule has 2 aromatic heterocycles. The standard InChI is InChI=1S/C12H16N4O/c1-15(2)7-5-14-12(17)10-3-4-11-13-6-8-16(11)9-10/h3-4,6,8-9H,5,7H2,1-2H3,(H,14,17). The zero-order chi connectivity index (χ0) is 12.3. The van der Waals surface area contributed by atoms with Gasteiger partial charge >= 0.3 is 0 Å². The Bertz CT molecular complexity index is 518. The van der Waals surface area contributed by atoms with Gasteiger partial charge in [0.25, 0.3) is 5.91 Å². The average molecular weight is 232 g/mol. The highest BCUT2D eigenvalue weighted by molar-refractivity contribution is 5.94. The third-order valence-corrected chi connectivity index (χ3v) is 2.50. The number of hydrogen-bond acceptors (Lipinski definition) is 3. The van der Waals surface area contributed by atoms with Crippen LogP contribution in [0.3, 0.4) is 0 Å². The summed E-state index contributed by atoms with van der Waals surface area (Å²) in [5.74, 6) is -0.0533. The second-order valence-corrected chi connectivity index (χ2v) is 4.17. The molecule has 0 saturated carbocycles. The van der Waals surface area contributed by atoms with E-state index in [9.17, 15) is 4.79 Å². The van der Waals surface area contributed by atoms with Crippen LogP contribution in [-0.2, 0) is 0 Å². The summed E-state index contributed by atoms with van der Waals surface area (Å²) in [6.07, 6.45) is 5.32. The van der Waals surface area contributed by atoms with E-state index in [0.29, 0.717) is 12.1 Å². The first-order valence-corrected chi connectivity index (χ1v) is 5.52. The highest BCUT2D eigenvalue weighted by Crippen LogP contribution is 2.04. The molecule has 0 atom stereocenters. The van der Waals surface area contributed by atoms with E-state index in [2.05, 4.69) is 10.3 Å². The van der Waals surface area contributed by atoms with E-state index in [1.165, 1.54) is 0 Å². The zero-order valence-corrected chi connectivity index (χ0v) is 10.1. The number of carbonyl (C=O) groups is 1. The number of likely N-dealkylation sites (N-methyl/N-ethyl adjacent to an activating group) is 1. The summed E-state index contributed by atoms with van der Waals surface area (Å²) in [6.45, 7) is 1.48. The second kappa shape index (κ2) is 4.97. The van der Waals surface area contributed by atoms with Crippen LogP contribution in [-0.4, -0.2) is 47.4 Å². The van der Waals surface area contributed by atoms with Gasteiger partial charge in [0.1, 0.15) is 5.65 Å². The van der Waals surface area contributed by atoms with Gasteiger partial charge in [-0.15, -0.1) is 0 Å². The number of rotatable bonds is 4. The van der Waals surface area contributed by atoms with Crippen LogP contribution in [0.4, 0.5) is 0 Å². The molecule has 5 heteroatoms. The predicted molar refractivity (Wildman–Crippen MR) is 66.1 cm³/mol. The van der Waals surface area contributed by atoms with Gasteiger partial charge < -0.3 is 14.6 Å². The van der Waals surface area contributed by atoms with Gasteiger partial charge in [0.2, 0.25) is 0 Å². The highest BCUT2D eigenvalue weighted by atomic mass is 16.1. The third-order valence-electron chi connectivity index (χ3n) is 2.50. The second-order valence-electron chi connectivity index (χ2n) is 4.17. The van der Waals surface area contributed by atoms with Gasteiger partial charge in [-0.25, -0.2) is 4.98 Å². The number of imidazole rings is 1. The first-order chi connectivity index (χ1) is 8.16. The molecule has 0 aromatic carbocycles. The van der Waals surface area contributed by atoms with Crippen LogP contribution in [0, 0.1) is 0 Å². The van der Waals surface area contributed by atoms with Crippen molar-refractivity contribution >= 4 is 11.6 Å². The molecule has 2 aromatic rings. The van der Waals surface area contributed by atoms with Crippen molar-refractivity contribution in [1.29, 1.82) is 0 Å². The number of amides is 1. The van der Waals surface area contributed by atoms with Crippen molar-refractivity contribution < 1.29 is 4.79 Å². The molecule has 0 aliphatic rings. The van der Waals surface area contributed by atoms with Crippen molar-refractivity contribution in [3.05, 3.63) is 36.3 Å². The van der Waals surface area contributed by atoms with E-state index in [0.717, 1.165) is 12.2 Å². The summed E-state index contributed by atoms with van der Waals surface area (Å²) < 4.78 is 1.83. The quantitative estimate of drug-likeness (QED) is 0.841. The fraction of sp³-hybridized carbons (Fsp3) is 0.333. The van der Waals surface area contributed by atoms with Gasteiger partial charge in [0.15, 0.2) is 0 Å². The summed E-state index contributed by atoms with van der Waals surface area (Å²) in [5.41, 5.74) is 1.49. The minimum absolute atomic E-state index is 0.0533. The van der Waals surface area contributed by atoms with Gasteiger partial charge in [-0.3, -0.25) is 4.79 Å². The highest BCUT2D eigenvalue weighted by Gasteiger charge is 2.05. The summed E-state index contributed by atoms with van der Waals surface area (Å²) in [5, 5.41) is 2.87. The van der Waals surface area contributed by atoms with E-state index in [4.69, 9.17) is 0 Å². The van der Waals surface area contributed by atoms with Crippen LogP contribution < -0.4 is 5.32 Å². The lowest BCUT2D eigenvalue weighted by molar-refractivity contribution is 0.0950. The molecule has 1 amide bonds. The van der Waals surface area contributed by atoms with Crippen molar-refractivity contribution in [2.45, 2.75) is 0 Å². The molecule has 5 nitrogen and oxygen atoms in total. The lowest BCUT2D eigenvalue weighted by Crippen LogP contribution is -2.31. The molecular weight excluding hydrogens is 216 g/mol. The first kappa shape index (κ1) is 11.6. The smallest absolute Gasteiger partial charge is 0.252 e. The number of nitrogens with one attached hydrogen (secondary N) is 1. The average Bonchev–Trinajstić information content (AvgIpc) is 2.75. The summed E-state index contributed by atoms with van der Waals surface area (Å²) in [4.78, 5) is 18.0. The van der Waals surface area contributed by atoms with E-state index in [-0.39, 0.29) is 5.91 Å². The number of carbonyl (C=O) groups excluding carboxylic acids is 1. The molecule has 0 aliphatic carbocycles. The molecule has 0 fully saturated rings. The minimum Gasteiger partial charge on any atom is -0.351 e. The molecule has 0 spiro atoms. The van der Waals surface area contributed by atoms with E-state index in [1.807, 2.05) is 35.7 Å². The number of hydrogen-bond donors (Lipinski definition) is 1. The van der Waals surface area contributed by atoms with Gasteiger partial charge in [-0.05, 0) is 26.2 Å². The van der Waals surface area contributed by atoms with Crippen LogP contribution in [0.25, 0.3) is 5.65 Å². The van der Waals surface area contributed by atoms with Crippen molar-refractivity contribution in [2.75, 3.05) is 27.2 Å². The molecule has 0 bridgehead atoms. The molecule has 0 unspecified atom stereocenters. The molecule has 0 aliphatic heterocycles. The summed E-state index contributed by atoms with van der Waals surface area (Å²) in [6, 6.07) is 3.62. The Morgan fingerprint density at radius 2 is 2.29 bits per heavy atom. The summed E-state index contributed by atoms with van der Waals surface area (Å²) in [7, 11) is 3.95. The van der Waals surface area contributed by atoms with E-state index >= 15 is 0 Å². The van der Waals surface area contributed by atoms with Crippen LogP contribution >= 0.6 is 0 Å². The largest absolute Gasteiger partial charge is 0.351 e. The predicted octanol–water partition coefficient (Wildman–Crippen LogP) is 0.626. The Hall–Kier alpha value is -1.88. The molecule has 2 heterocycles. The molecule has 1 N–H and O–H groups in total. The van der Waals surface area contributed by atoms with Crippen LogP contribution in [0.1, 0.15) is 10.4 Å². The topological polar surface area (TPSA) is 49.6 Å². The maximum absolute atomic E-state index is 11.8. The van der Waals surface area contributed by atoms with E-state index in [1.54, 1.807) is 18.5 Å². The number of pyridine rings is 1. The number of nitrogens with zero attached hydrogens (tertiary/aromatic N) is 3. The Balaban J connectivity index is 2.03. The Kier molecular flexibility index (Phi) is 3.39. The van der Waals surface area contributed by atoms with Gasteiger partial charge in [0, 0.05) is 31.7 Å². The Morgan fingerprint density at radius 3 is 3.06 bits per heavy atom. The Labute approximate surface area is 100 Å². The lowest BCUT2D eigenvalue weighted by Gasteiger charge is -2.10. The number of fused-ring (bicyclic) bond motifs is 1. The maximum atomic E-state index is 11.8. The van der Waals surface area contributed by atoms with Crippen molar-refractivity contribution in [1.82, 2.24) is 19.6 Å². The molecule has 2 rings (SSSR count). The number of aromatic nitrogens is 2. The van der Waals surface area contributed by atoms with Crippen molar-refractivity contribution in [3.8, 4) is 0 Å². The normalized spacial score (nSPS) is 11.0. The fourth-order valence-electron chi connectivity index (χ4n) is 1.55. The monoisotopic (exact) mass is 232 g/mol. The molecular formula is C12H16N4O. The molecule has 90 valence electrons. The van der Waals surface area contributed by atoms with Crippen LogP contribution in [0.2, 0.25) is 0 Å². The van der Waals surface area contributed by atoms with Gasteiger partial charge in [-0.2, -0.15) is 0 Å². The van der Waals surface area contributed by atoms with Crippen LogP contribution in [0.5, 0.6) is 0 Å². The minimum atomic E-state index is -0.0533. The lowest BCUT2D eigenvalue weighted by atomic mass is 10.2.